The van der Waals surface area contributed by atoms with Crippen molar-refractivity contribution in [1.82, 2.24) is 33.2 Å². The third kappa shape index (κ3) is 16.5. The molecule has 7 aromatic carbocycles. The van der Waals surface area contributed by atoms with Crippen molar-refractivity contribution in [1.29, 1.82) is 5.39 Å². The van der Waals surface area contributed by atoms with E-state index in [0.717, 1.165) is 97.4 Å². The zero-order valence-electron chi connectivity index (χ0n) is 57.8. The lowest BCUT2D eigenvalue weighted by molar-refractivity contribution is -0.632. The lowest BCUT2D eigenvalue weighted by Gasteiger charge is -2.36. The second-order valence-electron chi connectivity index (χ2n) is 24.9. The molecule has 0 fully saturated rings. The van der Waals surface area contributed by atoms with Gasteiger partial charge in [0.2, 0.25) is 22.3 Å². The Morgan fingerprint density at radius 1 is 0.480 bits per heavy atom. The predicted octanol–water partition coefficient (Wildman–Crippen LogP) is 13.3. The van der Waals surface area contributed by atoms with Crippen LogP contribution in [0.5, 0.6) is 0 Å². The molecular weight excluding hydrogens is 1310 g/mol. The molecule has 2 N–H and O–H groups in total. The number of azo groups is 2. The van der Waals surface area contributed by atoms with Crippen LogP contribution >= 0.6 is 0 Å². The van der Waals surface area contributed by atoms with Gasteiger partial charge in [-0.15, -0.1) is 10.2 Å². The fraction of sp³-hybridized carbons (Fsp3) is 0.361. The summed E-state index contributed by atoms with van der Waals surface area (Å²) < 4.78 is 68.3. The van der Waals surface area contributed by atoms with Crippen molar-refractivity contribution in [2.45, 2.75) is 77.0 Å². The summed E-state index contributed by atoms with van der Waals surface area (Å²) in [4.78, 5) is 23.5. The first kappa shape index (κ1) is 71.3. The van der Waals surface area contributed by atoms with Crippen molar-refractivity contribution < 1.29 is 39.9 Å². The highest BCUT2D eigenvalue weighted by atomic mass is 32.3. The molecule has 6 aliphatic heterocycles. The molecule has 100 heavy (non-hydrogen) atoms. The number of aryl methyl sites for hydroxylation is 11. The summed E-state index contributed by atoms with van der Waals surface area (Å²) in [5.41, 5.74) is 29.2. The number of nitrogens with zero attached hydrogens (tertiary/aromatic N) is 17. The van der Waals surface area contributed by atoms with Gasteiger partial charge >= 0.3 is 22.3 Å². The molecule has 0 bridgehead atoms. The molecule has 0 aliphatic carbocycles. The lowest BCUT2D eigenvalue weighted by Crippen LogP contribution is -2.34. The predicted molar refractivity (Wildman–Crippen MR) is 391 cm³/mol. The smallest absolute Gasteiger partial charge is 0.528 e. The number of benzene rings is 7. The van der Waals surface area contributed by atoms with Gasteiger partial charge in [-0.3, -0.25) is 12.5 Å². The fourth-order valence-electron chi connectivity index (χ4n) is 13.9. The summed E-state index contributed by atoms with van der Waals surface area (Å²) in [7, 11) is 4.59. The maximum Gasteiger partial charge on any atom is 0.528 e. The second-order valence-corrected chi connectivity index (χ2v) is 27.5. The highest BCUT2D eigenvalue weighted by molar-refractivity contribution is 7.81. The first-order valence-corrected chi connectivity index (χ1v) is 36.1. The van der Waals surface area contributed by atoms with Gasteiger partial charge in [-0.05, 0) is 188 Å². The third-order valence-corrected chi connectivity index (χ3v) is 19.9. The number of fused-ring (bicyclic) bond motifs is 4. The van der Waals surface area contributed by atoms with E-state index in [1.165, 1.54) is 135 Å². The number of aromatic nitrogens is 8. The highest BCUT2D eigenvalue weighted by Gasteiger charge is 2.28. The van der Waals surface area contributed by atoms with Gasteiger partial charge < -0.3 is 34.1 Å². The van der Waals surface area contributed by atoms with Gasteiger partial charge in [-0.1, -0.05) is 76.8 Å². The molecule has 0 unspecified atom stereocenters. The molecule has 0 spiro atoms. The van der Waals surface area contributed by atoms with E-state index < -0.39 is 20.8 Å². The largest absolute Gasteiger partial charge is 0.726 e. The van der Waals surface area contributed by atoms with E-state index in [2.05, 4.69) is 150 Å². The molecule has 0 radical (unpaired) electrons. The first-order valence-electron chi connectivity index (χ1n) is 33.4. The van der Waals surface area contributed by atoms with Crippen LogP contribution in [0, 0.1) is 5.39 Å². The number of diazo groups is 1. The molecule has 0 atom stereocenters. The monoisotopic (exact) mass is 1400 g/mol. The number of rotatable bonds is 7. The minimum Gasteiger partial charge on any atom is -0.726 e. The molecule has 4 aromatic heterocycles. The van der Waals surface area contributed by atoms with Crippen LogP contribution in [0.25, 0.3) is 49.1 Å². The van der Waals surface area contributed by atoms with Crippen molar-refractivity contribution in [2.24, 2.45) is 55.7 Å². The van der Waals surface area contributed by atoms with E-state index in [0.29, 0.717) is 17.8 Å². The molecule has 0 saturated heterocycles. The zero-order chi connectivity index (χ0) is 70.7. The molecule has 10 heterocycles. The Kier molecular flexibility index (Phi) is 22.7. The number of hydrogen-bond donors (Lipinski definition) is 1. The zero-order valence-corrected chi connectivity index (χ0v) is 59.4. The van der Waals surface area contributed by atoms with Crippen molar-refractivity contribution in [3.05, 3.63) is 178 Å². The molecule has 11 aromatic rings. The Bertz CT molecular complexity index is 4960. The maximum absolute atomic E-state index is 9.92. The van der Waals surface area contributed by atoms with E-state index in [-0.39, 0.29) is 1.43 Å². The molecule has 6 aliphatic rings. The van der Waals surface area contributed by atoms with Crippen LogP contribution in [-0.2, 0) is 107 Å². The number of anilines is 4. The van der Waals surface area contributed by atoms with Crippen LogP contribution in [0.4, 0.5) is 52.2 Å². The number of nitrogen functional groups attached to an aromatic ring is 1. The fourth-order valence-corrected chi connectivity index (χ4v) is 14.0. The molecular formula is C72H87N18O8S2+. The van der Waals surface area contributed by atoms with Gasteiger partial charge in [0.25, 0.3) is 0 Å². The summed E-state index contributed by atoms with van der Waals surface area (Å²) >= 11 is 0. The van der Waals surface area contributed by atoms with Gasteiger partial charge in [-0.2, -0.15) is 8.42 Å². The van der Waals surface area contributed by atoms with Crippen molar-refractivity contribution in [2.75, 3.05) is 81.0 Å². The summed E-state index contributed by atoms with van der Waals surface area (Å²) in [6, 6.07) is 47.7. The van der Waals surface area contributed by atoms with E-state index in [9.17, 15) is 21.4 Å². The second kappa shape index (κ2) is 31.9. The first-order chi connectivity index (χ1) is 48.3. The molecule has 17 rings (SSSR count). The number of para-hydroxylation sites is 9. The van der Waals surface area contributed by atoms with Gasteiger partial charge in [0.15, 0.2) is 5.52 Å². The van der Waals surface area contributed by atoms with Crippen LogP contribution in [0.3, 0.4) is 0 Å². The summed E-state index contributed by atoms with van der Waals surface area (Å²) in [6.45, 7) is 7.36. The van der Waals surface area contributed by atoms with Crippen molar-refractivity contribution >= 4 is 117 Å². The van der Waals surface area contributed by atoms with E-state index in [4.69, 9.17) is 11.1 Å². The topological polar surface area (TPSA) is 295 Å². The highest BCUT2D eigenvalue weighted by Crippen LogP contribution is 2.41. The standard InChI is InChI=1S/C21H24N5.C20H21N5.C12H15N.C8H7N4.C8H9N3.C2H6O4S.CH4O4S.H2/c1-24-18-9-3-4-10-19(18)25(2)21(24)23-22-17-13-15-7-5-11-26-12-6-8-16(14-17)20(15)26;1-24-18-9-3-2-8-17(18)21-20(24)23-22-16-12-14-6-4-10-25-11-5-7-15(13-16)19(14)25;1-4-10-6-2-8-13-9-3-7-11(5-1)12(10)13;1-12-7-5-3-2-4-6(7)10-8(12)11-9;1-11-7-5-3-2-4-6(7)10-8(11)9;1-5-7(3,4)6-2;1-5-6(2,3)4;/h3-4,9-10,13-14H,5-8,11-12H2,1-2H3;2-3,8-9,12-13H,4-7,10-11H2,1H3;1,4-5H,2-3,6-9H2;2-5H,1H3;2-5H,1H3,(H2,9,10);1-2H3;1H3,(H,2,3,4);1H/q+1;;;+1;;;;/p-1/i;;;;;;;1+1. The van der Waals surface area contributed by atoms with Crippen LogP contribution in [0.15, 0.2) is 160 Å². The normalized spacial score (nSPS) is 14.9. The van der Waals surface area contributed by atoms with Crippen molar-refractivity contribution in [3.8, 4) is 0 Å². The van der Waals surface area contributed by atoms with Gasteiger partial charge in [-0.25, -0.2) is 32.1 Å². The Hall–Kier alpha value is -10.0. The van der Waals surface area contributed by atoms with Crippen LogP contribution in [0.1, 0.15) is 73.3 Å². The van der Waals surface area contributed by atoms with Crippen LogP contribution in [0.2, 0.25) is 0 Å². The Balaban J connectivity index is 0.000000135. The molecule has 28 heteroatoms. The van der Waals surface area contributed by atoms with E-state index >= 15 is 0 Å². The van der Waals surface area contributed by atoms with Gasteiger partial charge in [0.05, 0.1) is 75.6 Å². The van der Waals surface area contributed by atoms with E-state index in [1.807, 2.05) is 111 Å². The summed E-state index contributed by atoms with van der Waals surface area (Å²) in [5, 5.41) is 26.8. The molecule has 26 nitrogen and oxygen atoms in total. The molecule has 0 saturated carbocycles. The number of nitrogens with two attached hydrogens (primary N) is 1. The quantitative estimate of drug-likeness (QED) is 0.0510. The minimum atomic E-state index is -4.41. The minimum absolute atomic E-state index is 0. The average Bonchev–Trinajstić information content (AvgIpc) is 1.74. The summed E-state index contributed by atoms with van der Waals surface area (Å²) in [6.07, 6.45) is 14.8. The Labute approximate surface area is 584 Å². The molecule has 524 valence electrons. The Morgan fingerprint density at radius 2 is 0.860 bits per heavy atom. The SMILES string of the molecule is COS(=O)(=O)OC.COS(=O)(=O)[O-].Cn1c(N)nc2ccccc21.Cn1c(N=Nc2cc3c4c(c2)CCCN4CCC3)[n+](C)c2ccccc21.Cn1c(N=Nc2cc3c4c(c2)CCCN4CCC3)nc2ccccc21.Cn1c([N+]#N)nc2ccccc21.[2HH].c1cc2c3c(c1)CCCN3CCC2. The number of imidazole rings is 4. The summed E-state index contributed by atoms with van der Waals surface area (Å²) in [5.74, 6) is 2.40. The maximum atomic E-state index is 9.92. The third-order valence-electron chi connectivity index (χ3n) is 18.7. The Morgan fingerprint density at radius 3 is 1.26 bits per heavy atom. The van der Waals surface area contributed by atoms with Crippen LogP contribution < -0.4 is 25.0 Å². The number of hydrogen-bond acceptors (Lipinski definition) is 20. The van der Waals surface area contributed by atoms with Crippen LogP contribution in [-0.4, -0.2) is 115 Å². The molecule has 0 amide bonds. The van der Waals surface area contributed by atoms with E-state index in [1.54, 1.807) is 21.4 Å². The lowest BCUT2D eigenvalue weighted by atomic mass is 9.91. The van der Waals surface area contributed by atoms with Gasteiger partial charge in [0, 0.05) is 77.0 Å². The van der Waals surface area contributed by atoms with Crippen molar-refractivity contribution in [3.63, 3.8) is 0 Å². The van der Waals surface area contributed by atoms with Gasteiger partial charge in [0.1, 0.15) is 22.2 Å². The average molecular weight is 1400 g/mol.